The molecule has 0 atom stereocenters. The van der Waals surface area contributed by atoms with Crippen molar-refractivity contribution in [1.82, 2.24) is 4.57 Å². The quantitative estimate of drug-likeness (QED) is 0.548. The lowest BCUT2D eigenvalue weighted by Crippen LogP contribution is -2.12. The minimum Gasteiger partial charge on any atom is -0.348 e. The molecule has 58 valence electrons. The minimum absolute atomic E-state index is 0.304. The van der Waals surface area contributed by atoms with Crippen molar-refractivity contribution in [2.45, 2.75) is 19.3 Å². The lowest BCUT2D eigenvalue weighted by atomic mass is 9.97. The van der Waals surface area contributed by atoms with Gasteiger partial charge in [0.1, 0.15) is 0 Å². The van der Waals surface area contributed by atoms with Gasteiger partial charge in [0, 0.05) is 19.7 Å². The van der Waals surface area contributed by atoms with Gasteiger partial charge in [0.2, 0.25) is 0 Å². The van der Waals surface area contributed by atoms with Crippen LogP contribution in [0.3, 0.4) is 0 Å². The summed E-state index contributed by atoms with van der Waals surface area (Å²) in [6.07, 6.45) is 4.79. The molecule has 2 rings (SSSR count). The summed E-state index contributed by atoms with van der Waals surface area (Å²) in [5, 5.41) is 0. The van der Waals surface area contributed by atoms with Crippen LogP contribution < -0.4 is 0 Å². The van der Waals surface area contributed by atoms with Crippen LogP contribution in [0.4, 0.5) is 0 Å². The van der Waals surface area contributed by atoms with E-state index in [1.807, 2.05) is 23.9 Å². The van der Waals surface area contributed by atoms with E-state index in [1.165, 1.54) is 5.56 Å². The maximum absolute atomic E-state index is 11.3. The molecule has 1 aliphatic rings. The fourth-order valence-corrected chi connectivity index (χ4v) is 1.72. The van der Waals surface area contributed by atoms with E-state index in [9.17, 15) is 4.79 Å². The molecule has 0 spiro atoms. The second-order valence-electron chi connectivity index (χ2n) is 3.08. The maximum atomic E-state index is 11.3. The molecule has 1 aromatic heterocycles. The number of fused-ring (bicyclic) bond motifs is 1. The van der Waals surface area contributed by atoms with Gasteiger partial charge in [-0.25, -0.2) is 0 Å². The highest BCUT2D eigenvalue weighted by molar-refractivity contribution is 5.97. The van der Waals surface area contributed by atoms with E-state index in [-0.39, 0.29) is 0 Å². The zero-order valence-corrected chi connectivity index (χ0v) is 6.63. The third-order valence-corrected chi connectivity index (χ3v) is 2.27. The molecule has 0 saturated heterocycles. The van der Waals surface area contributed by atoms with Gasteiger partial charge in [-0.1, -0.05) is 0 Å². The number of carbonyl (C=O) groups excluding carboxylic acids is 1. The van der Waals surface area contributed by atoms with Crippen LogP contribution in [-0.2, 0) is 13.5 Å². The van der Waals surface area contributed by atoms with Gasteiger partial charge in [-0.2, -0.15) is 0 Å². The van der Waals surface area contributed by atoms with Crippen LogP contribution in [0.15, 0.2) is 12.3 Å². The van der Waals surface area contributed by atoms with E-state index in [4.69, 9.17) is 0 Å². The van der Waals surface area contributed by atoms with Crippen molar-refractivity contribution in [2.75, 3.05) is 0 Å². The van der Waals surface area contributed by atoms with E-state index in [2.05, 4.69) is 0 Å². The number of hydrogen-bond acceptors (Lipinski definition) is 1. The van der Waals surface area contributed by atoms with Crippen LogP contribution in [0.1, 0.15) is 28.9 Å². The largest absolute Gasteiger partial charge is 0.348 e. The molecular weight excluding hydrogens is 138 g/mol. The van der Waals surface area contributed by atoms with Gasteiger partial charge in [0.05, 0.1) is 5.69 Å². The molecule has 0 radical (unpaired) electrons. The summed E-state index contributed by atoms with van der Waals surface area (Å²) in [4.78, 5) is 11.3. The molecule has 0 unspecified atom stereocenters. The van der Waals surface area contributed by atoms with E-state index >= 15 is 0 Å². The molecule has 0 aromatic carbocycles. The van der Waals surface area contributed by atoms with Gasteiger partial charge in [-0.05, 0) is 24.5 Å². The Hall–Kier alpha value is -1.05. The average Bonchev–Trinajstić information content (AvgIpc) is 2.34. The molecule has 1 aliphatic carbocycles. The van der Waals surface area contributed by atoms with Crippen molar-refractivity contribution in [3.05, 3.63) is 23.5 Å². The lowest BCUT2D eigenvalue weighted by molar-refractivity contribution is 0.0964. The summed E-state index contributed by atoms with van der Waals surface area (Å²) in [5.74, 6) is 0.304. The Kier molecular flexibility index (Phi) is 1.34. The Balaban J connectivity index is 2.56. The van der Waals surface area contributed by atoms with Crippen molar-refractivity contribution >= 4 is 5.78 Å². The standard InChI is InChI=1S/C9H11NO/c1-10-6-5-7-3-2-4-8(11)9(7)10/h5-6H,2-4H2,1H3. The van der Waals surface area contributed by atoms with Crippen LogP contribution in [0.5, 0.6) is 0 Å². The summed E-state index contributed by atoms with van der Waals surface area (Å²) < 4.78 is 1.93. The second-order valence-corrected chi connectivity index (χ2v) is 3.08. The molecule has 0 amide bonds. The minimum atomic E-state index is 0.304. The van der Waals surface area contributed by atoms with Gasteiger partial charge < -0.3 is 4.57 Å². The zero-order valence-electron chi connectivity index (χ0n) is 6.63. The molecule has 11 heavy (non-hydrogen) atoms. The molecule has 1 aromatic rings. The first-order valence-electron chi connectivity index (χ1n) is 3.96. The number of Topliss-reactive ketones (excluding diaryl/α,β-unsaturated/α-hetero) is 1. The molecule has 2 heteroatoms. The van der Waals surface area contributed by atoms with Crippen molar-refractivity contribution < 1.29 is 4.79 Å². The highest BCUT2D eigenvalue weighted by Crippen LogP contribution is 2.20. The predicted molar refractivity (Wildman–Crippen MR) is 42.7 cm³/mol. The Labute approximate surface area is 65.8 Å². The zero-order chi connectivity index (χ0) is 7.84. The summed E-state index contributed by atoms with van der Waals surface area (Å²) in [7, 11) is 1.93. The normalized spacial score (nSPS) is 16.6. The number of rotatable bonds is 0. The molecule has 0 bridgehead atoms. The van der Waals surface area contributed by atoms with Crippen LogP contribution in [-0.4, -0.2) is 10.4 Å². The molecule has 1 heterocycles. The Morgan fingerprint density at radius 3 is 3.00 bits per heavy atom. The second kappa shape index (κ2) is 2.22. The van der Waals surface area contributed by atoms with Crippen molar-refractivity contribution in [3.8, 4) is 0 Å². The van der Waals surface area contributed by atoms with Gasteiger partial charge in [-0.15, -0.1) is 0 Å². The van der Waals surface area contributed by atoms with E-state index in [1.54, 1.807) is 0 Å². The predicted octanol–water partition coefficient (Wildman–Crippen LogP) is 1.54. The Morgan fingerprint density at radius 2 is 2.27 bits per heavy atom. The van der Waals surface area contributed by atoms with Gasteiger partial charge in [-0.3, -0.25) is 4.79 Å². The molecule has 0 N–H and O–H groups in total. The van der Waals surface area contributed by atoms with Crippen LogP contribution >= 0.6 is 0 Å². The van der Waals surface area contributed by atoms with E-state index in [0.717, 1.165) is 25.0 Å². The summed E-state index contributed by atoms with van der Waals surface area (Å²) in [6, 6.07) is 2.05. The number of hydrogen-bond donors (Lipinski definition) is 0. The third kappa shape index (κ3) is 0.897. The number of aromatic nitrogens is 1. The van der Waals surface area contributed by atoms with E-state index in [0.29, 0.717) is 5.78 Å². The summed E-state index contributed by atoms with van der Waals surface area (Å²) >= 11 is 0. The first-order chi connectivity index (χ1) is 5.29. The Bertz CT molecular complexity index is 299. The SMILES string of the molecule is Cn1ccc2c1C(=O)CCC2. The third-order valence-electron chi connectivity index (χ3n) is 2.27. The fourth-order valence-electron chi connectivity index (χ4n) is 1.72. The molecule has 0 fully saturated rings. The van der Waals surface area contributed by atoms with Crippen molar-refractivity contribution in [1.29, 1.82) is 0 Å². The Morgan fingerprint density at radius 1 is 1.45 bits per heavy atom. The van der Waals surface area contributed by atoms with Crippen LogP contribution in [0.25, 0.3) is 0 Å². The smallest absolute Gasteiger partial charge is 0.179 e. The van der Waals surface area contributed by atoms with Gasteiger partial charge >= 0.3 is 0 Å². The molecule has 0 saturated carbocycles. The summed E-state index contributed by atoms with van der Waals surface area (Å²) in [6.45, 7) is 0. The maximum Gasteiger partial charge on any atom is 0.179 e. The summed E-state index contributed by atoms with van der Waals surface area (Å²) in [5.41, 5.74) is 2.15. The molecular formula is C9H11NO. The highest BCUT2D eigenvalue weighted by Gasteiger charge is 2.19. The lowest BCUT2D eigenvalue weighted by Gasteiger charge is -2.11. The average molecular weight is 149 g/mol. The number of carbonyl (C=O) groups is 1. The van der Waals surface area contributed by atoms with Gasteiger partial charge in [0.15, 0.2) is 5.78 Å². The highest BCUT2D eigenvalue weighted by atomic mass is 16.1. The monoisotopic (exact) mass is 149 g/mol. The number of ketones is 1. The van der Waals surface area contributed by atoms with Gasteiger partial charge in [0.25, 0.3) is 0 Å². The fraction of sp³-hybridized carbons (Fsp3) is 0.444. The van der Waals surface area contributed by atoms with Crippen LogP contribution in [0.2, 0.25) is 0 Å². The first-order valence-corrected chi connectivity index (χ1v) is 3.96. The number of aryl methyl sites for hydroxylation is 2. The van der Waals surface area contributed by atoms with Crippen LogP contribution in [0, 0.1) is 0 Å². The number of nitrogens with zero attached hydrogens (tertiary/aromatic N) is 1. The molecule has 2 nitrogen and oxygen atoms in total. The first kappa shape index (κ1) is 6.65. The van der Waals surface area contributed by atoms with E-state index < -0.39 is 0 Å². The molecule has 0 aliphatic heterocycles. The topological polar surface area (TPSA) is 22.0 Å². The van der Waals surface area contributed by atoms with Crippen molar-refractivity contribution in [3.63, 3.8) is 0 Å². The van der Waals surface area contributed by atoms with Crippen molar-refractivity contribution in [2.24, 2.45) is 7.05 Å².